The monoisotopic (exact) mass is 453 g/mol. The molecule has 1 spiro atoms. The summed E-state index contributed by atoms with van der Waals surface area (Å²) in [6, 6.07) is 12.9. The summed E-state index contributed by atoms with van der Waals surface area (Å²) in [5.41, 5.74) is 0.665. The van der Waals surface area contributed by atoms with Crippen molar-refractivity contribution in [1.82, 2.24) is 10.2 Å². The fourth-order valence-corrected chi connectivity index (χ4v) is 8.53. The second kappa shape index (κ2) is 7.78. The van der Waals surface area contributed by atoms with Gasteiger partial charge in [-0.15, -0.1) is 11.8 Å². The normalized spacial score (nSPS) is 32.9. The van der Waals surface area contributed by atoms with Crippen LogP contribution in [0.5, 0.6) is 0 Å². The molecule has 2 aromatic carbocycles. The number of aliphatic hydroxyl groups excluding tert-OH is 1. The first-order valence-electron chi connectivity index (χ1n) is 11.0. The number of rotatable bonds is 5. The fourth-order valence-electron chi connectivity index (χ4n) is 6.11. The van der Waals surface area contributed by atoms with Gasteiger partial charge in [0.15, 0.2) is 0 Å². The first kappa shape index (κ1) is 21.3. The van der Waals surface area contributed by atoms with Gasteiger partial charge in [0.05, 0.1) is 23.2 Å². The van der Waals surface area contributed by atoms with E-state index in [2.05, 4.69) is 17.6 Å². The number of thioether (sulfide) groups is 1. The molecule has 0 aromatic heterocycles. The lowest BCUT2D eigenvalue weighted by Crippen LogP contribution is -2.55. The average Bonchev–Trinajstić information content (AvgIpc) is 3.37. The first-order valence-corrected chi connectivity index (χ1v) is 11.9. The van der Waals surface area contributed by atoms with Crippen LogP contribution in [0.15, 0.2) is 42.5 Å². The molecule has 7 nitrogen and oxygen atoms in total. The molecule has 3 saturated heterocycles. The van der Waals surface area contributed by atoms with Crippen molar-refractivity contribution in [3.63, 3.8) is 0 Å². The average molecular weight is 454 g/mol. The van der Waals surface area contributed by atoms with Gasteiger partial charge in [-0.3, -0.25) is 14.4 Å². The lowest BCUT2D eigenvalue weighted by Gasteiger charge is -2.38. The SMILES string of the molecule is CNC(=O)[C@@H]1[C@H]2C(=O)N(CCO)C(C(=O)Nc3ccc4ccccc4c3)C23S[C@@H]1CC3C. The van der Waals surface area contributed by atoms with Crippen molar-refractivity contribution in [3.8, 4) is 0 Å². The number of anilines is 1. The lowest BCUT2D eigenvalue weighted by atomic mass is 9.66. The number of carbonyl (C=O) groups is 3. The second-order valence-electron chi connectivity index (χ2n) is 8.97. The van der Waals surface area contributed by atoms with Crippen LogP contribution in [0.25, 0.3) is 10.8 Å². The molecule has 3 amide bonds. The molecule has 3 N–H and O–H groups in total. The number of benzene rings is 2. The zero-order chi connectivity index (χ0) is 22.6. The Hall–Kier alpha value is -2.58. The number of aliphatic hydroxyl groups is 1. The molecule has 3 fully saturated rings. The zero-order valence-electron chi connectivity index (χ0n) is 18.1. The highest BCUT2D eigenvalue weighted by molar-refractivity contribution is 8.02. The summed E-state index contributed by atoms with van der Waals surface area (Å²) in [7, 11) is 1.59. The summed E-state index contributed by atoms with van der Waals surface area (Å²) in [5, 5.41) is 17.5. The molecule has 5 rings (SSSR count). The van der Waals surface area contributed by atoms with Gasteiger partial charge in [0.25, 0.3) is 0 Å². The van der Waals surface area contributed by atoms with Gasteiger partial charge < -0.3 is 20.6 Å². The summed E-state index contributed by atoms with van der Waals surface area (Å²) in [5.74, 6) is -1.51. The molecule has 32 heavy (non-hydrogen) atoms. The quantitative estimate of drug-likeness (QED) is 0.642. The molecule has 3 aliphatic rings. The van der Waals surface area contributed by atoms with E-state index in [0.29, 0.717) is 5.69 Å². The Labute approximate surface area is 190 Å². The standard InChI is InChI=1S/C24H27N3O4S/c1-13-11-17-18(21(29)25-2)19-23(31)27(9-10-28)20(24(13,19)32-17)22(30)26-16-8-7-14-5-3-4-6-15(14)12-16/h3-8,12-13,17-20,28H,9-11H2,1-2H3,(H,25,29)(H,26,30)/t13?,17-,18+,19+,20?,24?/m1/s1. The smallest absolute Gasteiger partial charge is 0.248 e. The Morgan fingerprint density at radius 3 is 2.66 bits per heavy atom. The van der Waals surface area contributed by atoms with Gasteiger partial charge in [-0.05, 0) is 35.2 Å². The molecule has 168 valence electrons. The van der Waals surface area contributed by atoms with E-state index in [1.54, 1.807) is 18.8 Å². The molecule has 2 bridgehead atoms. The second-order valence-corrected chi connectivity index (χ2v) is 10.5. The van der Waals surface area contributed by atoms with E-state index in [-0.39, 0.29) is 42.0 Å². The number of β-amino-alcohol motifs (C(OH)–C–C–N with tert-alkyl or cyclic N) is 1. The Kier molecular flexibility index (Phi) is 5.17. The Bertz CT molecular complexity index is 1110. The minimum absolute atomic E-state index is 0.0196. The Morgan fingerprint density at radius 1 is 1.19 bits per heavy atom. The van der Waals surface area contributed by atoms with Gasteiger partial charge in [-0.1, -0.05) is 37.3 Å². The topological polar surface area (TPSA) is 98.7 Å². The minimum atomic E-state index is -0.738. The van der Waals surface area contributed by atoms with Crippen molar-refractivity contribution in [2.45, 2.75) is 29.4 Å². The van der Waals surface area contributed by atoms with Gasteiger partial charge in [-0.2, -0.15) is 0 Å². The summed E-state index contributed by atoms with van der Waals surface area (Å²) >= 11 is 1.63. The molecular weight excluding hydrogens is 426 g/mol. The predicted molar refractivity (Wildman–Crippen MR) is 124 cm³/mol. The van der Waals surface area contributed by atoms with Gasteiger partial charge in [0.2, 0.25) is 17.7 Å². The largest absolute Gasteiger partial charge is 0.395 e. The fraction of sp³-hybridized carbons (Fsp3) is 0.458. The highest BCUT2D eigenvalue weighted by Gasteiger charge is 2.75. The van der Waals surface area contributed by atoms with Crippen LogP contribution in [0.2, 0.25) is 0 Å². The molecule has 0 aliphatic carbocycles. The number of amides is 3. The van der Waals surface area contributed by atoms with E-state index in [4.69, 9.17) is 0 Å². The van der Waals surface area contributed by atoms with Crippen LogP contribution in [0.1, 0.15) is 13.3 Å². The number of fused-ring (bicyclic) bond motifs is 2. The molecule has 3 unspecified atom stereocenters. The van der Waals surface area contributed by atoms with Crippen LogP contribution in [-0.2, 0) is 14.4 Å². The molecular formula is C24H27N3O4S. The molecule has 6 atom stereocenters. The summed E-state index contributed by atoms with van der Waals surface area (Å²) < 4.78 is -0.672. The maximum atomic E-state index is 13.7. The highest BCUT2D eigenvalue weighted by Crippen LogP contribution is 2.68. The van der Waals surface area contributed by atoms with Crippen LogP contribution in [-0.4, -0.2) is 64.0 Å². The third-order valence-corrected chi connectivity index (χ3v) is 9.48. The third-order valence-electron chi connectivity index (χ3n) is 7.40. The molecule has 0 radical (unpaired) electrons. The summed E-state index contributed by atoms with van der Waals surface area (Å²) in [6.07, 6.45) is 0.791. The van der Waals surface area contributed by atoms with E-state index >= 15 is 0 Å². The van der Waals surface area contributed by atoms with Crippen molar-refractivity contribution in [3.05, 3.63) is 42.5 Å². The maximum absolute atomic E-state index is 13.7. The van der Waals surface area contributed by atoms with Gasteiger partial charge in [-0.25, -0.2) is 0 Å². The van der Waals surface area contributed by atoms with Gasteiger partial charge >= 0.3 is 0 Å². The molecule has 3 aliphatic heterocycles. The van der Waals surface area contributed by atoms with Gasteiger partial charge in [0, 0.05) is 24.5 Å². The van der Waals surface area contributed by atoms with E-state index in [0.717, 1.165) is 17.2 Å². The summed E-state index contributed by atoms with van der Waals surface area (Å²) in [6.45, 7) is 1.92. The van der Waals surface area contributed by atoms with E-state index in [9.17, 15) is 19.5 Å². The van der Waals surface area contributed by atoms with Crippen LogP contribution in [0, 0.1) is 17.8 Å². The maximum Gasteiger partial charge on any atom is 0.248 e. The molecule has 2 aromatic rings. The summed E-state index contributed by atoms with van der Waals surface area (Å²) in [4.78, 5) is 41.4. The van der Waals surface area contributed by atoms with E-state index in [1.165, 1.54) is 4.90 Å². The Balaban J connectivity index is 1.52. The number of nitrogens with one attached hydrogen (secondary N) is 2. The van der Waals surface area contributed by atoms with Crippen molar-refractivity contribution < 1.29 is 19.5 Å². The number of hydrogen-bond donors (Lipinski definition) is 3. The zero-order valence-corrected chi connectivity index (χ0v) is 18.9. The van der Waals surface area contributed by atoms with E-state index < -0.39 is 22.6 Å². The van der Waals surface area contributed by atoms with Crippen molar-refractivity contribution in [2.75, 3.05) is 25.5 Å². The van der Waals surface area contributed by atoms with Gasteiger partial charge in [0.1, 0.15) is 6.04 Å². The predicted octanol–water partition coefficient (Wildman–Crippen LogP) is 1.85. The van der Waals surface area contributed by atoms with E-state index in [1.807, 2.05) is 42.5 Å². The van der Waals surface area contributed by atoms with Crippen LogP contribution in [0.4, 0.5) is 5.69 Å². The van der Waals surface area contributed by atoms with Crippen molar-refractivity contribution >= 4 is 45.9 Å². The number of likely N-dealkylation sites (tertiary alicyclic amines) is 1. The van der Waals surface area contributed by atoms with Crippen molar-refractivity contribution in [2.24, 2.45) is 17.8 Å². The minimum Gasteiger partial charge on any atom is -0.395 e. The third kappa shape index (κ3) is 2.89. The van der Waals surface area contributed by atoms with Crippen LogP contribution < -0.4 is 10.6 Å². The Morgan fingerprint density at radius 2 is 1.94 bits per heavy atom. The van der Waals surface area contributed by atoms with Crippen LogP contribution >= 0.6 is 11.8 Å². The first-order chi connectivity index (χ1) is 15.4. The molecule has 3 heterocycles. The number of nitrogens with zero attached hydrogens (tertiary/aromatic N) is 1. The van der Waals surface area contributed by atoms with Crippen LogP contribution in [0.3, 0.4) is 0 Å². The number of hydrogen-bond acceptors (Lipinski definition) is 5. The lowest BCUT2D eigenvalue weighted by molar-refractivity contribution is -0.139. The molecule has 0 saturated carbocycles. The highest BCUT2D eigenvalue weighted by atomic mass is 32.2. The molecule has 8 heteroatoms. The van der Waals surface area contributed by atoms with Crippen molar-refractivity contribution in [1.29, 1.82) is 0 Å². The number of carbonyl (C=O) groups excluding carboxylic acids is 3.